The average molecular weight is 341 g/mol. The van der Waals surface area contributed by atoms with Gasteiger partial charge in [0, 0.05) is 28.0 Å². The molecule has 0 radical (unpaired) electrons. The molecule has 0 aliphatic rings. The van der Waals surface area contributed by atoms with Crippen LogP contribution in [0.15, 0.2) is 30.5 Å². The number of rotatable bonds is 4. The van der Waals surface area contributed by atoms with E-state index < -0.39 is 11.7 Å². The van der Waals surface area contributed by atoms with Crippen molar-refractivity contribution in [2.45, 2.75) is 6.18 Å². The third-order valence-corrected chi connectivity index (χ3v) is 3.58. The smallest absolute Gasteiger partial charge is 0.395 e. The molecule has 24 heavy (non-hydrogen) atoms. The van der Waals surface area contributed by atoms with Crippen LogP contribution in [0.1, 0.15) is 8.42 Å². The maximum absolute atomic E-state index is 13.4. The Labute approximate surface area is 137 Å². The molecule has 0 bridgehead atoms. The number of halogens is 3. The van der Waals surface area contributed by atoms with Crippen LogP contribution in [0.3, 0.4) is 0 Å². The van der Waals surface area contributed by atoms with Crippen molar-refractivity contribution in [1.82, 2.24) is 20.2 Å². The summed E-state index contributed by atoms with van der Waals surface area (Å²) in [7, 11) is 1.64. The summed E-state index contributed by atoms with van der Waals surface area (Å²) in [5, 5.41) is 16.0. The number of anilines is 1. The highest BCUT2D eigenvalue weighted by Gasteiger charge is 2.35. The summed E-state index contributed by atoms with van der Waals surface area (Å²) in [6.45, 7) is 0.120. The minimum atomic E-state index is -4.56. The zero-order chi connectivity index (χ0) is 17.3. The minimum absolute atomic E-state index is 0. The lowest BCUT2D eigenvalue weighted by molar-refractivity contribution is -0.137. The molecule has 0 saturated heterocycles. The zero-order valence-corrected chi connectivity index (χ0v) is 12.7. The molecular weight excluding hydrogens is 323 g/mol. The Hall–Kier alpha value is -2.68. The molecule has 0 atom stereocenters. The van der Waals surface area contributed by atoms with E-state index in [4.69, 9.17) is 5.11 Å². The van der Waals surface area contributed by atoms with Gasteiger partial charge >= 0.3 is 6.18 Å². The van der Waals surface area contributed by atoms with E-state index in [0.717, 1.165) is 6.07 Å². The summed E-state index contributed by atoms with van der Waals surface area (Å²) >= 11 is 0. The van der Waals surface area contributed by atoms with E-state index in [1.54, 1.807) is 24.1 Å². The van der Waals surface area contributed by atoms with Crippen LogP contribution in [0.5, 0.6) is 0 Å². The standard InChI is InChI=1S/C15H14F3N5O.2H2/c1-23(7-8-24)11-5-4-10(15(16,17)18)13(20-11)12-9-3-2-6-19-14(9)22-21-12;;/h2-6,24H,7-8H2,1H3,(H,19,21,22);2*1H. The van der Waals surface area contributed by atoms with Gasteiger partial charge in [-0.1, -0.05) is 0 Å². The number of alkyl halides is 3. The summed E-state index contributed by atoms with van der Waals surface area (Å²) in [5.74, 6) is 0.318. The molecule has 0 unspecified atom stereocenters. The lowest BCUT2D eigenvalue weighted by atomic mass is 10.1. The van der Waals surface area contributed by atoms with Gasteiger partial charge in [-0.3, -0.25) is 5.10 Å². The molecule has 2 N–H and O–H groups in total. The first-order chi connectivity index (χ1) is 11.4. The number of hydrogen-bond donors (Lipinski definition) is 2. The first-order valence-corrected chi connectivity index (χ1v) is 7.11. The van der Waals surface area contributed by atoms with Gasteiger partial charge < -0.3 is 10.0 Å². The normalized spacial score (nSPS) is 11.9. The van der Waals surface area contributed by atoms with Crippen LogP contribution in [-0.4, -0.2) is 45.5 Å². The van der Waals surface area contributed by atoms with Crippen molar-refractivity contribution in [3.63, 3.8) is 0 Å². The number of aromatic amines is 1. The third kappa shape index (κ3) is 2.90. The molecule has 3 aromatic rings. The van der Waals surface area contributed by atoms with E-state index >= 15 is 0 Å². The van der Waals surface area contributed by atoms with Gasteiger partial charge in [-0.25, -0.2) is 9.97 Å². The van der Waals surface area contributed by atoms with Crippen molar-refractivity contribution in [2.75, 3.05) is 25.1 Å². The van der Waals surface area contributed by atoms with Crippen molar-refractivity contribution in [1.29, 1.82) is 0 Å². The predicted octanol–water partition coefficient (Wildman–Crippen LogP) is 2.96. The Morgan fingerprint density at radius 2 is 2.08 bits per heavy atom. The number of H-pyrrole nitrogens is 1. The number of likely N-dealkylation sites (N-methyl/N-ethyl adjacent to an activating group) is 1. The van der Waals surface area contributed by atoms with Crippen LogP contribution in [0.4, 0.5) is 19.0 Å². The maximum Gasteiger partial charge on any atom is 0.418 e. The van der Waals surface area contributed by atoms with E-state index in [1.807, 2.05) is 0 Å². The molecule has 0 aliphatic heterocycles. The quantitative estimate of drug-likeness (QED) is 0.763. The fourth-order valence-electron chi connectivity index (χ4n) is 2.38. The number of nitrogens with zero attached hydrogens (tertiary/aromatic N) is 4. The van der Waals surface area contributed by atoms with Gasteiger partial charge in [0.25, 0.3) is 0 Å². The second-order valence-corrected chi connectivity index (χ2v) is 5.18. The Morgan fingerprint density at radius 1 is 1.29 bits per heavy atom. The largest absolute Gasteiger partial charge is 0.418 e. The lowest BCUT2D eigenvalue weighted by Gasteiger charge is -2.19. The fourth-order valence-corrected chi connectivity index (χ4v) is 2.38. The highest BCUT2D eigenvalue weighted by molar-refractivity contribution is 5.90. The summed E-state index contributed by atoms with van der Waals surface area (Å²) in [4.78, 5) is 9.73. The van der Waals surface area contributed by atoms with Crippen LogP contribution >= 0.6 is 0 Å². The molecule has 0 aliphatic carbocycles. The van der Waals surface area contributed by atoms with Crippen molar-refractivity contribution >= 4 is 16.9 Å². The lowest BCUT2D eigenvalue weighted by Crippen LogP contribution is -2.23. The van der Waals surface area contributed by atoms with E-state index in [-0.39, 0.29) is 27.4 Å². The Kier molecular flexibility index (Phi) is 4.10. The second kappa shape index (κ2) is 6.08. The van der Waals surface area contributed by atoms with Crippen molar-refractivity contribution in [3.8, 4) is 11.4 Å². The highest BCUT2D eigenvalue weighted by atomic mass is 19.4. The Bertz CT molecular complexity index is 872. The molecule has 6 nitrogen and oxygen atoms in total. The predicted molar refractivity (Wildman–Crippen MR) is 86.7 cm³/mol. The Balaban J connectivity index is 0.00000169. The number of hydrogen-bond acceptors (Lipinski definition) is 5. The number of pyridine rings is 2. The first-order valence-electron chi connectivity index (χ1n) is 7.11. The van der Waals surface area contributed by atoms with Gasteiger partial charge in [0.15, 0.2) is 5.65 Å². The number of aromatic nitrogens is 4. The molecular formula is C15H18F3N5O. The summed E-state index contributed by atoms with van der Waals surface area (Å²) < 4.78 is 40.1. The average Bonchev–Trinajstić information content (AvgIpc) is 2.97. The number of aliphatic hydroxyl groups excluding tert-OH is 1. The summed E-state index contributed by atoms with van der Waals surface area (Å²) in [6, 6.07) is 5.51. The molecule has 0 amide bonds. The molecule has 9 heteroatoms. The zero-order valence-electron chi connectivity index (χ0n) is 12.7. The van der Waals surface area contributed by atoms with Crippen molar-refractivity contribution in [3.05, 3.63) is 36.0 Å². The molecule has 3 heterocycles. The van der Waals surface area contributed by atoms with Gasteiger partial charge in [-0.15, -0.1) is 0 Å². The van der Waals surface area contributed by atoms with E-state index in [9.17, 15) is 13.2 Å². The molecule has 130 valence electrons. The van der Waals surface area contributed by atoms with Gasteiger partial charge in [0.1, 0.15) is 11.5 Å². The molecule has 3 rings (SSSR count). The topological polar surface area (TPSA) is 77.9 Å². The van der Waals surface area contributed by atoms with Crippen LogP contribution in [0, 0.1) is 0 Å². The summed E-state index contributed by atoms with van der Waals surface area (Å²) in [6.07, 6.45) is -3.05. The van der Waals surface area contributed by atoms with Gasteiger partial charge in [0.2, 0.25) is 0 Å². The number of fused-ring (bicyclic) bond motifs is 1. The molecule has 3 aromatic heterocycles. The number of aliphatic hydroxyl groups is 1. The number of nitrogens with one attached hydrogen (secondary N) is 1. The molecule has 0 saturated carbocycles. The van der Waals surface area contributed by atoms with E-state index in [0.29, 0.717) is 16.9 Å². The first kappa shape index (κ1) is 16.2. The van der Waals surface area contributed by atoms with Crippen molar-refractivity contribution < 1.29 is 21.1 Å². The maximum atomic E-state index is 13.4. The van der Waals surface area contributed by atoms with E-state index in [2.05, 4.69) is 20.2 Å². The molecule has 0 aromatic carbocycles. The fraction of sp³-hybridized carbons (Fsp3) is 0.267. The minimum Gasteiger partial charge on any atom is -0.395 e. The monoisotopic (exact) mass is 341 g/mol. The Morgan fingerprint density at radius 3 is 2.79 bits per heavy atom. The van der Waals surface area contributed by atoms with Gasteiger partial charge in [0.05, 0.1) is 17.9 Å². The summed E-state index contributed by atoms with van der Waals surface area (Å²) in [5.41, 5.74) is -0.639. The highest BCUT2D eigenvalue weighted by Crippen LogP contribution is 2.38. The van der Waals surface area contributed by atoms with Gasteiger partial charge in [-0.2, -0.15) is 18.3 Å². The van der Waals surface area contributed by atoms with Crippen LogP contribution in [-0.2, 0) is 6.18 Å². The second-order valence-electron chi connectivity index (χ2n) is 5.18. The van der Waals surface area contributed by atoms with Crippen molar-refractivity contribution in [2.24, 2.45) is 0 Å². The van der Waals surface area contributed by atoms with Crippen LogP contribution in [0.25, 0.3) is 22.4 Å². The SMILES string of the molecule is CN(CCO)c1ccc(C(F)(F)F)c(-c2[nH]nc3ncccc23)n1.[HH].[HH]. The van der Waals surface area contributed by atoms with Gasteiger partial charge in [-0.05, 0) is 24.3 Å². The third-order valence-electron chi connectivity index (χ3n) is 3.58. The molecule has 0 spiro atoms. The van der Waals surface area contributed by atoms with Crippen LogP contribution < -0.4 is 4.90 Å². The molecule has 0 fully saturated rings. The van der Waals surface area contributed by atoms with E-state index in [1.165, 1.54) is 12.3 Å². The van der Waals surface area contributed by atoms with Crippen LogP contribution in [0.2, 0.25) is 0 Å².